The Morgan fingerprint density at radius 1 is 1.16 bits per heavy atom. The number of aromatic nitrogens is 2. The third-order valence-corrected chi connectivity index (χ3v) is 6.74. The molecule has 1 aliphatic heterocycles. The molecule has 31 heavy (non-hydrogen) atoms. The molecule has 6 nitrogen and oxygen atoms in total. The van der Waals surface area contributed by atoms with E-state index in [0.717, 1.165) is 62.7 Å². The van der Waals surface area contributed by atoms with Gasteiger partial charge in [0.25, 0.3) is 0 Å². The van der Waals surface area contributed by atoms with E-state index in [4.69, 9.17) is 0 Å². The van der Waals surface area contributed by atoms with E-state index in [1.165, 1.54) is 10.6 Å². The van der Waals surface area contributed by atoms with E-state index in [9.17, 15) is 0 Å². The van der Waals surface area contributed by atoms with E-state index in [1.807, 2.05) is 41.3 Å². The molecule has 0 spiro atoms. The van der Waals surface area contributed by atoms with Crippen molar-refractivity contribution in [2.75, 3.05) is 31.6 Å². The standard InChI is InChI=1S/C24H32N6S/c1-19-20(18-30(28-19)22-9-4-3-5-10-22)8-6-14-26-24(25-2)27-21-12-15-29(16-13-21)23-11-7-17-31-23/h3-5,7,9-11,17-18,21H,6,8,12-16H2,1-2H3,(H2,25,26,27). The first-order valence-electron chi connectivity index (χ1n) is 11.1. The van der Waals surface area contributed by atoms with Gasteiger partial charge in [0.05, 0.1) is 16.4 Å². The first-order valence-corrected chi connectivity index (χ1v) is 12.0. The van der Waals surface area contributed by atoms with Crippen molar-refractivity contribution in [3.05, 3.63) is 65.3 Å². The van der Waals surface area contributed by atoms with E-state index in [-0.39, 0.29) is 0 Å². The Balaban J connectivity index is 1.19. The summed E-state index contributed by atoms with van der Waals surface area (Å²) in [7, 11) is 1.85. The van der Waals surface area contributed by atoms with E-state index >= 15 is 0 Å². The van der Waals surface area contributed by atoms with Crippen molar-refractivity contribution in [1.82, 2.24) is 20.4 Å². The van der Waals surface area contributed by atoms with Gasteiger partial charge in [0.1, 0.15) is 0 Å². The lowest BCUT2D eigenvalue weighted by molar-refractivity contribution is 0.462. The van der Waals surface area contributed by atoms with Gasteiger partial charge in [0, 0.05) is 38.9 Å². The molecule has 2 aromatic heterocycles. The normalized spacial score (nSPS) is 15.3. The molecule has 1 aromatic carbocycles. The number of para-hydroxylation sites is 1. The molecule has 1 aliphatic rings. The lowest BCUT2D eigenvalue weighted by Gasteiger charge is -2.33. The van der Waals surface area contributed by atoms with E-state index in [0.29, 0.717) is 6.04 Å². The van der Waals surface area contributed by atoms with Crippen LogP contribution in [0.15, 0.2) is 59.0 Å². The topological polar surface area (TPSA) is 57.5 Å². The molecule has 164 valence electrons. The first kappa shape index (κ1) is 21.4. The van der Waals surface area contributed by atoms with Crippen molar-refractivity contribution < 1.29 is 0 Å². The summed E-state index contributed by atoms with van der Waals surface area (Å²) < 4.78 is 1.97. The summed E-state index contributed by atoms with van der Waals surface area (Å²) >= 11 is 1.83. The average Bonchev–Trinajstić information content (AvgIpc) is 3.47. The van der Waals surface area contributed by atoms with Crippen LogP contribution in [0.1, 0.15) is 30.5 Å². The second kappa shape index (κ2) is 10.5. The summed E-state index contributed by atoms with van der Waals surface area (Å²) in [5.41, 5.74) is 3.50. The molecular weight excluding hydrogens is 404 g/mol. The van der Waals surface area contributed by atoms with Crippen molar-refractivity contribution in [2.24, 2.45) is 4.99 Å². The number of aryl methyl sites for hydroxylation is 2. The lowest BCUT2D eigenvalue weighted by atomic mass is 10.1. The summed E-state index contributed by atoms with van der Waals surface area (Å²) in [6.45, 7) is 5.18. The number of hydrogen-bond donors (Lipinski definition) is 2. The molecule has 0 unspecified atom stereocenters. The van der Waals surface area contributed by atoms with Crippen LogP contribution in [0.3, 0.4) is 0 Å². The van der Waals surface area contributed by atoms with Gasteiger partial charge in [0.2, 0.25) is 0 Å². The molecule has 0 bridgehead atoms. The predicted octanol–water partition coefficient (Wildman–Crippen LogP) is 4.01. The highest BCUT2D eigenvalue weighted by Gasteiger charge is 2.20. The van der Waals surface area contributed by atoms with Crippen LogP contribution in [0, 0.1) is 6.92 Å². The van der Waals surface area contributed by atoms with E-state index in [2.05, 4.69) is 68.4 Å². The van der Waals surface area contributed by atoms with Crippen molar-refractivity contribution in [3.8, 4) is 5.69 Å². The highest BCUT2D eigenvalue weighted by Crippen LogP contribution is 2.24. The number of anilines is 1. The van der Waals surface area contributed by atoms with Crippen LogP contribution in [0.25, 0.3) is 5.69 Å². The minimum Gasteiger partial charge on any atom is -0.363 e. The molecular formula is C24H32N6S. The number of aliphatic imine (C=N–C) groups is 1. The van der Waals surface area contributed by atoms with Crippen molar-refractivity contribution >= 4 is 22.3 Å². The van der Waals surface area contributed by atoms with Gasteiger partial charge in [-0.05, 0) is 67.8 Å². The molecule has 4 rings (SSSR count). The van der Waals surface area contributed by atoms with Gasteiger partial charge in [0.15, 0.2) is 5.96 Å². The van der Waals surface area contributed by atoms with Crippen LogP contribution < -0.4 is 15.5 Å². The SMILES string of the molecule is CN=C(NCCCc1cn(-c2ccccc2)nc1C)NC1CCN(c2cccs2)CC1. The second-order valence-corrected chi connectivity index (χ2v) is 8.91. The molecule has 1 fully saturated rings. The van der Waals surface area contributed by atoms with Crippen LogP contribution in [-0.4, -0.2) is 48.5 Å². The number of piperidine rings is 1. The molecule has 0 amide bonds. The van der Waals surface area contributed by atoms with Crippen molar-refractivity contribution in [1.29, 1.82) is 0 Å². The first-order chi connectivity index (χ1) is 15.2. The predicted molar refractivity (Wildman–Crippen MR) is 131 cm³/mol. The summed E-state index contributed by atoms with van der Waals surface area (Å²) in [5.74, 6) is 0.909. The number of hydrogen-bond acceptors (Lipinski definition) is 4. The van der Waals surface area contributed by atoms with E-state index in [1.54, 1.807) is 0 Å². The zero-order valence-electron chi connectivity index (χ0n) is 18.4. The fraction of sp³-hybridized carbons (Fsp3) is 0.417. The quantitative estimate of drug-likeness (QED) is 0.334. The lowest BCUT2D eigenvalue weighted by Crippen LogP contribution is -2.48. The zero-order valence-corrected chi connectivity index (χ0v) is 19.2. The fourth-order valence-corrected chi connectivity index (χ4v) is 4.81. The number of rotatable bonds is 7. The number of benzene rings is 1. The van der Waals surface area contributed by atoms with Crippen LogP contribution in [0.5, 0.6) is 0 Å². The van der Waals surface area contributed by atoms with Crippen LogP contribution in [0.4, 0.5) is 5.00 Å². The van der Waals surface area contributed by atoms with Gasteiger partial charge in [-0.15, -0.1) is 11.3 Å². The van der Waals surface area contributed by atoms with Crippen LogP contribution in [-0.2, 0) is 6.42 Å². The Morgan fingerprint density at radius 2 is 1.97 bits per heavy atom. The van der Waals surface area contributed by atoms with Gasteiger partial charge in [-0.1, -0.05) is 18.2 Å². The highest BCUT2D eigenvalue weighted by molar-refractivity contribution is 7.14. The average molecular weight is 437 g/mol. The summed E-state index contributed by atoms with van der Waals surface area (Å²) in [6.07, 6.45) is 6.47. The smallest absolute Gasteiger partial charge is 0.191 e. The third kappa shape index (κ3) is 5.67. The Bertz CT molecular complexity index is 955. The second-order valence-electron chi connectivity index (χ2n) is 7.98. The van der Waals surface area contributed by atoms with Gasteiger partial charge >= 0.3 is 0 Å². The molecule has 3 aromatic rings. The Hall–Kier alpha value is -2.80. The largest absolute Gasteiger partial charge is 0.363 e. The molecule has 0 atom stereocenters. The number of guanidine groups is 1. The van der Waals surface area contributed by atoms with Gasteiger partial charge in [-0.2, -0.15) is 5.10 Å². The molecule has 0 radical (unpaired) electrons. The number of thiophene rings is 1. The Labute approximate surface area is 189 Å². The summed E-state index contributed by atoms with van der Waals surface area (Å²) in [6, 6.07) is 15.1. The fourth-order valence-electron chi connectivity index (χ4n) is 4.02. The zero-order chi connectivity index (χ0) is 21.5. The highest BCUT2D eigenvalue weighted by atomic mass is 32.1. The molecule has 0 aliphatic carbocycles. The third-order valence-electron chi connectivity index (χ3n) is 5.81. The monoisotopic (exact) mass is 436 g/mol. The van der Waals surface area contributed by atoms with Gasteiger partial charge in [-0.25, -0.2) is 4.68 Å². The van der Waals surface area contributed by atoms with Gasteiger partial charge < -0.3 is 15.5 Å². The summed E-state index contributed by atoms with van der Waals surface area (Å²) in [5, 5.41) is 15.3. The maximum absolute atomic E-state index is 4.67. The molecule has 1 saturated heterocycles. The molecule has 2 N–H and O–H groups in total. The number of nitrogens with zero attached hydrogens (tertiary/aromatic N) is 4. The minimum absolute atomic E-state index is 0.480. The molecule has 0 saturated carbocycles. The maximum atomic E-state index is 4.67. The Morgan fingerprint density at radius 3 is 2.68 bits per heavy atom. The van der Waals surface area contributed by atoms with Gasteiger partial charge in [-0.3, -0.25) is 4.99 Å². The van der Waals surface area contributed by atoms with E-state index < -0.39 is 0 Å². The van der Waals surface area contributed by atoms with Crippen molar-refractivity contribution in [2.45, 2.75) is 38.6 Å². The summed E-state index contributed by atoms with van der Waals surface area (Å²) in [4.78, 5) is 6.91. The van der Waals surface area contributed by atoms with Crippen LogP contribution in [0.2, 0.25) is 0 Å². The maximum Gasteiger partial charge on any atom is 0.191 e. The van der Waals surface area contributed by atoms with Crippen molar-refractivity contribution in [3.63, 3.8) is 0 Å². The molecule has 3 heterocycles. The minimum atomic E-state index is 0.480. The Kier molecular flexibility index (Phi) is 7.25. The van der Waals surface area contributed by atoms with Crippen LogP contribution >= 0.6 is 11.3 Å². The molecule has 7 heteroatoms. The number of nitrogens with one attached hydrogen (secondary N) is 2.